The maximum absolute atomic E-state index is 12.6. The van der Waals surface area contributed by atoms with Gasteiger partial charge in [0.1, 0.15) is 17.0 Å². The van der Waals surface area contributed by atoms with E-state index in [0.29, 0.717) is 35.0 Å². The zero-order valence-electron chi connectivity index (χ0n) is 18.0. The van der Waals surface area contributed by atoms with Crippen LogP contribution in [0.5, 0.6) is 17.2 Å². The number of aromatic hydroxyl groups is 1. The predicted molar refractivity (Wildman–Crippen MR) is 120 cm³/mol. The summed E-state index contributed by atoms with van der Waals surface area (Å²) >= 11 is 0. The van der Waals surface area contributed by atoms with Crippen LogP contribution in [0.4, 0.5) is 6.01 Å². The minimum Gasteiger partial charge on any atom is -0.505 e. The number of pyridine rings is 1. The molecule has 0 spiro atoms. The Balaban J connectivity index is 1.63. The van der Waals surface area contributed by atoms with E-state index in [9.17, 15) is 14.7 Å². The highest BCUT2D eigenvalue weighted by Gasteiger charge is 2.19. The molecule has 0 bridgehead atoms. The van der Waals surface area contributed by atoms with Gasteiger partial charge in [-0.05, 0) is 36.8 Å². The Hall–Kier alpha value is -4.01. The van der Waals surface area contributed by atoms with E-state index in [1.807, 2.05) is 21.0 Å². The normalized spacial score (nSPS) is 11.1. The molecule has 0 saturated carbocycles. The maximum Gasteiger partial charge on any atom is 0.358 e. The third-order valence-electron chi connectivity index (χ3n) is 4.87. The molecule has 2 aromatic heterocycles. The number of unbranched alkanes of at least 4 members (excludes halogenated alkanes) is 1. The first-order chi connectivity index (χ1) is 15.4. The summed E-state index contributed by atoms with van der Waals surface area (Å²) in [5.74, 6) is -0.218. The van der Waals surface area contributed by atoms with Crippen LogP contribution in [-0.4, -0.2) is 41.7 Å². The number of ether oxygens (including phenoxy) is 2. The lowest BCUT2D eigenvalue weighted by atomic mass is 10.1. The first kappa shape index (κ1) is 21.2. The van der Waals surface area contributed by atoms with Gasteiger partial charge < -0.3 is 28.9 Å². The summed E-state index contributed by atoms with van der Waals surface area (Å²) in [5, 5.41) is 10.9. The van der Waals surface area contributed by atoms with Crippen LogP contribution in [0.2, 0.25) is 0 Å². The minimum absolute atomic E-state index is 0.183. The van der Waals surface area contributed by atoms with Crippen LogP contribution >= 0.6 is 0 Å². The summed E-state index contributed by atoms with van der Waals surface area (Å²) in [6.45, 7) is 2.18. The summed E-state index contributed by atoms with van der Waals surface area (Å²) in [6.07, 6.45) is 1.55. The van der Waals surface area contributed by atoms with Gasteiger partial charge in [0.25, 0.3) is 11.6 Å². The molecule has 4 aromatic rings. The summed E-state index contributed by atoms with van der Waals surface area (Å²) in [5.41, 5.74) is 0.460. The van der Waals surface area contributed by atoms with E-state index in [1.165, 1.54) is 12.1 Å². The molecule has 9 nitrogen and oxygen atoms in total. The monoisotopic (exact) mass is 437 g/mol. The lowest BCUT2D eigenvalue weighted by molar-refractivity contribution is 0.0489. The molecule has 9 heteroatoms. The molecule has 166 valence electrons. The van der Waals surface area contributed by atoms with Crippen molar-refractivity contribution < 1.29 is 23.8 Å². The predicted octanol–water partition coefficient (Wildman–Crippen LogP) is 4.19. The van der Waals surface area contributed by atoms with Gasteiger partial charge in [0, 0.05) is 25.5 Å². The van der Waals surface area contributed by atoms with Crippen LogP contribution in [-0.2, 0) is 4.74 Å². The van der Waals surface area contributed by atoms with Crippen LogP contribution in [0, 0.1) is 0 Å². The maximum atomic E-state index is 12.6. The van der Waals surface area contributed by atoms with E-state index >= 15 is 0 Å². The van der Waals surface area contributed by atoms with Crippen molar-refractivity contribution in [3.8, 4) is 17.2 Å². The molecule has 0 aliphatic carbocycles. The fourth-order valence-electron chi connectivity index (χ4n) is 3.17. The van der Waals surface area contributed by atoms with E-state index in [2.05, 4.69) is 9.97 Å². The van der Waals surface area contributed by atoms with Gasteiger partial charge in [-0.3, -0.25) is 4.79 Å². The molecule has 32 heavy (non-hydrogen) atoms. The zero-order valence-corrected chi connectivity index (χ0v) is 18.0. The average Bonchev–Trinajstić information content (AvgIpc) is 3.20. The van der Waals surface area contributed by atoms with Crippen molar-refractivity contribution in [3.05, 3.63) is 52.4 Å². The number of aromatic nitrogens is 2. The number of esters is 1. The molecule has 0 saturated heterocycles. The Labute approximate surface area is 183 Å². The molecule has 0 atom stereocenters. The van der Waals surface area contributed by atoms with Gasteiger partial charge in [0.15, 0.2) is 17.0 Å². The molecule has 2 heterocycles. The second-order valence-corrected chi connectivity index (χ2v) is 7.50. The van der Waals surface area contributed by atoms with E-state index in [-0.39, 0.29) is 28.8 Å². The quantitative estimate of drug-likeness (QED) is 0.326. The van der Waals surface area contributed by atoms with E-state index in [0.717, 1.165) is 6.42 Å². The molecule has 0 fully saturated rings. The second kappa shape index (κ2) is 8.62. The number of H-pyrrole nitrogens is 1. The summed E-state index contributed by atoms with van der Waals surface area (Å²) in [6, 6.07) is 10.3. The van der Waals surface area contributed by atoms with Gasteiger partial charge in [-0.1, -0.05) is 13.3 Å². The minimum atomic E-state index is -0.770. The lowest BCUT2D eigenvalue weighted by Crippen LogP contribution is -2.16. The fraction of sp³-hybridized carbons (Fsp3) is 0.261. The zero-order chi connectivity index (χ0) is 22.8. The number of hydrogen-bond acceptors (Lipinski definition) is 8. The van der Waals surface area contributed by atoms with Crippen molar-refractivity contribution >= 4 is 33.9 Å². The van der Waals surface area contributed by atoms with Crippen molar-refractivity contribution in [2.45, 2.75) is 19.8 Å². The number of rotatable bonds is 7. The molecular formula is C23H23N3O6. The molecule has 0 radical (unpaired) electrons. The van der Waals surface area contributed by atoms with Gasteiger partial charge in [-0.15, -0.1) is 0 Å². The first-order valence-corrected chi connectivity index (χ1v) is 10.2. The van der Waals surface area contributed by atoms with Gasteiger partial charge in [-0.2, -0.15) is 4.98 Å². The first-order valence-electron chi connectivity index (χ1n) is 10.2. The third kappa shape index (κ3) is 4.09. The van der Waals surface area contributed by atoms with Gasteiger partial charge in [0.05, 0.1) is 12.0 Å². The Morgan fingerprint density at radius 2 is 1.91 bits per heavy atom. The number of nitrogens with zero attached hydrogens (tertiary/aromatic N) is 2. The fourth-order valence-corrected chi connectivity index (χ4v) is 3.17. The van der Waals surface area contributed by atoms with Crippen LogP contribution in [0.15, 0.2) is 45.6 Å². The Morgan fingerprint density at radius 3 is 2.66 bits per heavy atom. The lowest BCUT2D eigenvalue weighted by Gasteiger charge is -2.10. The highest BCUT2D eigenvalue weighted by molar-refractivity contribution is 5.99. The molecule has 0 unspecified atom stereocenters. The number of benzene rings is 2. The number of hydrogen-bond donors (Lipinski definition) is 2. The Kier molecular flexibility index (Phi) is 5.72. The Bertz CT molecular complexity index is 1360. The molecular weight excluding hydrogens is 414 g/mol. The number of oxazole rings is 1. The van der Waals surface area contributed by atoms with Crippen LogP contribution in [0.3, 0.4) is 0 Å². The van der Waals surface area contributed by atoms with Crippen molar-refractivity contribution in [2.75, 3.05) is 25.6 Å². The number of anilines is 1. The number of fused-ring (bicyclic) bond motifs is 2. The largest absolute Gasteiger partial charge is 0.505 e. The van der Waals surface area contributed by atoms with Crippen LogP contribution in [0.25, 0.3) is 21.9 Å². The van der Waals surface area contributed by atoms with E-state index < -0.39 is 11.5 Å². The molecule has 2 aromatic carbocycles. The van der Waals surface area contributed by atoms with Crippen molar-refractivity contribution in [2.24, 2.45) is 0 Å². The van der Waals surface area contributed by atoms with Crippen molar-refractivity contribution in [1.29, 1.82) is 0 Å². The third-order valence-corrected chi connectivity index (χ3v) is 4.87. The summed E-state index contributed by atoms with van der Waals surface area (Å²) < 4.78 is 16.6. The molecule has 0 aliphatic rings. The van der Waals surface area contributed by atoms with E-state index in [4.69, 9.17) is 13.9 Å². The number of aromatic amines is 1. The van der Waals surface area contributed by atoms with Crippen LogP contribution in [0.1, 0.15) is 30.3 Å². The topological polar surface area (TPSA) is 118 Å². The molecule has 2 N–H and O–H groups in total. The van der Waals surface area contributed by atoms with Crippen molar-refractivity contribution in [1.82, 2.24) is 9.97 Å². The highest BCUT2D eigenvalue weighted by atomic mass is 16.5. The summed E-state index contributed by atoms with van der Waals surface area (Å²) in [4.78, 5) is 33.3. The van der Waals surface area contributed by atoms with Gasteiger partial charge in [0.2, 0.25) is 0 Å². The molecule has 4 rings (SSSR count). The Morgan fingerprint density at radius 1 is 1.16 bits per heavy atom. The van der Waals surface area contributed by atoms with E-state index in [1.54, 1.807) is 29.2 Å². The summed E-state index contributed by atoms with van der Waals surface area (Å²) in [7, 11) is 3.67. The number of nitrogens with one attached hydrogen (secondary N) is 1. The average molecular weight is 437 g/mol. The highest BCUT2D eigenvalue weighted by Crippen LogP contribution is 2.32. The van der Waals surface area contributed by atoms with Gasteiger partial charge >= 0.3 is 5.97 Å². The van der Waals surface area contributed by atoms with Crippen LogP contribution < -0.4 is 15.2 Å². The number of carbonyl (C=O) groups is 1. The van der Waals surface area contributed by atoms with Gasteiger partial charge in [-0.25, -0.2) is 4.79 Å². The standard InChI is InChI=1S/C23H23N3O6/c1-4-5-10-30-22(29)19-20(27)15-8-6-13(11-16(15)21(28)25-19)31-14-7-9-18-17(12-14)24-23(32-18)26(2)3/h6-9,11-12,27H,4-5,10H2,1-3H3,(H,25,28). The second-order valence-electron chi connectivity index (χ2n) is 7.50. The molecule has 0 aliphatic heterocycles. The van der Waals surface area contributed by atoms with Crippen molar-refractivity contribution in [3.63, 3.8) is 0 Å². The smallest absolute Gasteiger partial charge is 0.358 e. The number of carbonyl (C=O) groups excluding carboxylic acids is 1. The SMILES string of the molecule is CCCCOC(=O)c1[nH]c(=O)c2cc(Oc3ccc4oc(N(C)C)nc4c3)ccc2c1O. The molecule has 0 amide bonds.